The summed E-state index contributed by atoms with van der Waals surface area (Å²) in [7, 11) is 1.53. The Kier molecular flexibility index (Phi) is 2.79. The summed E-state index contributed by atoms with van der Waals surface area (Å²) in [5, 5.41) is 13.0. The van der Waals surface area contributed by atoms with Crippen LogP contribution in [0.25, 0.3) is 0 Å². The molecule has 0 bridgehead atoms. The van der Waals surface area contributed by atoms with Crippen molar-refractivity contribution in [3.63, 3.8) is 0 Å². The number of hydrogen-bond donors (Lipinski definition) is 3. The van der Waals surface area contributed by atoms with Gasteiger partial charge in [0.15, 0.2) is 0 Å². The van der Waals surface area contributed by atoms with E-state index in [-0.39, 0.29) is 5.75 Å². The van der Waals surface area contributed by atoms with Crippen LogP contribution in [0.15, 0.2) is 12.1 Å². The van der Waals surface area contributed by atoms with Gasteiger partial charge < -0.3 is 10.4 Å². The number of nitrogens with one attached hydrogen (secondary N) is 2. The predicted molar refractivity (Wildman–Crippen MR) is 59.1 cm³/mol. The maximum atomic E-state index is 9.77. The molecular weight excluding hydrogens is 192 g/mol. The van der Waals surface area contributed by atoms with Gasteiger partial charge in [-0.3, -0.25) is 10.3 Å². The average Bonchev–Trinajstić information content (AvgIpc) is 2.11. The van der Waals surface area contributed by atoms with Gasteiger partial charge in [-0.25, -0.2) is 0 Å². The van der Waals surface area contributed by atoms with Gasteiger partial charge in [0.1, 0.15) is 11.4 Å². The molecule has 0 radical (unpaired) electrons. The zero-order chi connectivity index (χ0) is 10.8. The van der Waals surface area contributed by atoms with Crippen LogP contribution in [0, 0.1) is 6.92 Å². The third-order valence-corrected chi connectivity index (χ3v) is 2.79. The summed E-state index contributed by atoms with van der Waals surface area (Å²) in [5.74, 6) is 0.814. The highest BCUT2D eigenvalue weighted by Crippen LogP contribution is 2.32. The Morgan fingerprint density at radius 2 is 2.20 bits per heavy atom. The molecule has 0 spiro atoms. The van der Waals surface area contributed by atoms with Crippen molar-refractivity contribution in [3.05, 3.63) is 23.3 Å². The van der Waals surface area contributed by atoms with Crippen molar-refractivity contribution < 1.29 is 9.94 Å². The first-order valence-electron chi connectivity index (χ1n) is 5.05. The molecule has 4 nitrogen and oxygen atoms in total. The third-order valence-electron chi connectivity index (χ3n) is 2.79. The topological polar surface area (TPSA) is 53.5 Å². The Morgan fingerprint density at radius 3 is 2.73 bits per heavy atom. The predicted octanol–water partition coefficient (Wildman–Crippen LogP) is 1.36. The van der Waals surface area contributed by atoms with E-state index in [1.54, 1.807) is 0 Å². The maximum absolute atomic E-state index is 9.77. The Hall–Kier alpha value is -1.26. The lowest BCUT2D eigenvalue weighted by Crippen LogP contribution is -2.39. The number of anilines is 1. The van der Waals surface area contributed by atoms with Crippen LogP contribution in [0.4, 0.5) is 5.69 Å². The molecule has 1 aromatic rings. The number of aromatic hydroxyl groups is 1. The highest BCUT2D eigenvalue weighted by molar-refractivity contribution is 5.60. The fourth-order valence-electron chi connectivity index (χ4n) is 1.76. The number of phenolic OH excluding ortho intramolecular Hbond substituents is 1. The first kappa shape index (κ1) is 10.3. The van der Waals surface area contributed by atoms with Crippen LogP contribution in [0.3, 0.4) is 0 Å². The highest BCUT2D eigenvalue weighted by atomic mass is 16.6. The van der Waals surface area contributed by atoms with Crippen LogP contribution >= 0.6 is 0 Å². The van der Waals surface area contributed by atoms with Crippen molar-refractivity contribution in [1.29, 1.82) is 0 Å². The maximum Gasteiger partial charge on any atom is 0.143 e. The molecule has 0 unspecified atom stereocenters. The van der Waals surface area contributed by atoms with Gasteiger partial charge in [-0.05, 0) is 24.1 Å². The second-order valence-corrected chi connectivity index (χ2v) is 3.90. The molecule has 0 aliphatic carbocycles. The van der Waals surface area contributed by atoms with Crippen molar-refractivity contribution in [2.45, 2.75) is 12.8 Å². The molecule has 4 heteroatoms. The molecule has 1 aliphatic rings. The fourth-order valence-corrected chi connectivity index (χ4v) is 1.76. The summed E-state index contributed by atoms with van der Waals surface area (Å²) in [4.78, 5) is 4.82. The minimum atomic E-state index is 0.257. The van der Waals surface area contributed by atoms with Crippen LogP contribution < -0.4 is 10.8 Å². The van der Waals surface area contributed by atoms with Gasteiger partial charge in [0.2, 0.25) is 0 Å². The van der Waals surface area contributed by atoms with Crippen molar-refractivity contribution >= 4 is 5.69 Å². The summed E-state index contributed by atoms with van der Waals surface area (Å²) >= 11 is 0. The zero-order valence-corrected chi connectivity index (χ0v) is 9.00. The minimum absolute atomic E-state index is 0.257. The van der Waals surface area contributed by atoms with Crippen molar-refractivity contribution in [2.24, 2.45) is 0 Å². The van der Waals surface area contributed by atoms with Crippen LogP contribution in [0.2, 0.25) is 0 Å². The van der Waals surface area contributed by atoms with Gasteiger partial charge in [0.25, 0.3) is 0 Å². The first-order valence-corrected chi connectivity index (χ1v) is 5.05. The first-order chi connectivity index (χ1) is 7.22. The van der Waals surface area contributed by atoms with Crippen LogP contribution in [-0.4, -0.2) is 25.3 Å². The Labute approximate surface area is 89.2 Å². The molecular formula is C11H16N2O2. The number of benzene rings is 1. The number of phenols is 1. The molecule has 0 amide bonds. The summed E-state index contributed by atoms with van der Waals surface area (Å²) < 4.78 is 0. The van der Waals surface area contributed by atoms with Gasteiger partial charge in [-0.1, -0.05) is 6.07 Å². The highest BCUT2D eigenvalue weighted by Gasteiger charge is 2.20. The quantitative estimate of drug-likeness (QED) is 0.518. The average molecular weight is 208 g/mol. The van der Waals surface area contributed by atoms with E-state index in [1.165, 1.54) is 12.7 Å². The van der Waals surface area contributed by atoms with Crippen LogP contribution in [0.1, 0.15) is 17.0 Å². The van der Waals surface area contributed by atoms with E-state index in [0.717, 1.165) is 18.7 Å². The Balaban J connectivity index is 2.31. The molecule has 3 N–H and O–H groups in total. The fraction of sp³-hybridized carbons (Fsp3) is 0.455. The molecule has 1 heterocycles. The van der Waals surface area contributed by atoms with Crippen LogP contribution in [0.5, 0.6) is 5.75 Å². The Morgan fingerprint density at radius 1 is 1.47 bits per heavy atom. The normalized spacial score (nSPS) is 16.1. The van der Waals surface area contributed by atoms with Gasteiger partial charge in [-0.15, -0.1) is 0 Å². The molecule has 0 atom stereocenters. The van der Waals surface area contributed by atoms with Crippen molar-refractivity contribution in [1.82, 2.24) is 5.32 Å². The summed E-state index contributed by atoms with van der Waals surface area (Å²) in [5.41, 5.74) is 5.44. The van der Waals surface area contributed by atoms with E-state index in [9.17, 15) is 5.11 Å². The van der Waals surface area contributed by atoms with E-state index < -0.39 is 0 Å². The molecule has 1 saturated heterocycles. The van der Waals surface area contributed by atoms with Crippen LogP contribution in [-0.2, 0) is 4.84 Å². The molecule has 82 valence electrons. The lowest BCUT2D eigenvalue weighted by atomic mass is 9.92. The second kappa shape index (κ2) is 4.08. The van der Waals surface area contributed by atoms with E-state index in [0.29, 0.717) is 11.6 Å². The minimum Gasteiger partial charge on any atom is -0.505 e. The van der Waals surface area contributed by atoms with Gasteiger partial charge in [0.05, 0.1) is 7.11 Å². The smallest absolute Gasteiger partial charge is 0.143 e. The molecule has 1 aliphatic heterocycles. The van der Waals surface area contributed by atoms with Gasteiger partial charge >= 0.3 is 0 Å². The molecule has 0 saturated carbocycles. The number of rotatable bonds is 3. The van der Waals surface area contributed by atoms with E-state index in [2.05, 4.69) is 10.8 Å². The molecule has 1 aromatic carbocycles. The molecule has 1 fully saturated rings. The monoisotopic (exact) mass is 208 g/mol. The standard InChI is InChI=1S/C11H16N2O2/c1-7-3-8(9-5-12-6-9)4-10(11(7)14)13-15-2/h3-4,9,12-14H,5-6H2,1-2H3. The van der Waals surface area contributed by atoms with Gasteiger partial charge in [0, 0.05) is 19.0 Å². The van der Waals surface area contributed by atoms with E-state index in [1.807, 2.05) is 19.1 Å². The van der Waals surface area contributed by atoms with E-state index in [4.69, 9.17) is 4.84 Å². The number of aryl methyl sites for hydroxylation is 1. The third kappa shape index (κ3) is 1.91. The molecule has 15 heavy (non-hydrogen) atoms. The van der Waals surface area contributed by atoms with Crippen molar-refractivity contribution in [2.75, 3.05) is 25.7 Å². The van der Waals surface area contributed by atoms with Gasteiger partial charge in [-0.2, -0.15) is 0 Å². The van der Waals surface area contributed by atoms with Crippen molar-refractivity contribution in [3.8, 4) is 5.75 Å². The number of hydrogen-bond acceptors (Lipinski definition) is 4. The SMILES string of the molecule is CONc1cc(C2CNC2)cc(C)c1O. The zero-order valence-electron chi connectivity index (χ0n) is 9.00. The van der Waals surface area contributed by atoms with E-state index >= 15 is 0 Å². The largest absolute Gasteiger partial charge is 0.505 e. The second-order valence-electron chi connectivity index (χ2n) is 3.90. The summed E-state index contributed by atoms with van der Waals surface area (Å²) in [6, 6.07) is 3.97. The summed E-state index contributed by atoms with van der Waals surface area (Å²) in [6.45, 7) is 3.92. The lowest BCUT2D eigenvalue weighted by Gasteiger charge is -2.28. The summed E-state index contributed by atoms with van der Waals surface area (Å²) in [6.07, 6.45) is 0. The molecule has 0 aromatic heterocycles. The lowest BCUT2D eigenvalue weighted by molar-refractivity contribution is 0.268. The molecule has 2 rings (SSSR count). The Bertz CT molecular complexity index is 362.